The van der Waals surface area contributed by atoms with Crippen LogP contribution in [-0.4, -0.2) is 47.8 Å². The van der Waals surface area contributed by atoms with E-state index >= 15 is 0 Å². The second kappa shape index (κ2) is 12.5. The SMILES string of the molecule is CC(C)C(=O)[C@H](CN)NC(=O)[C@@H](CC(=O)C(CCN)Cc1ccccc1)C(C)O. The van der Waals surface area contributed by atoms with Crippen molar-refractivity contribution in [3.05, 3.63) is 35.9 Å². The summed E-state index contributed by atoms with van der Waals surface area (Å²) >= 11 is 0. The van der Waals surface area contributed by atoms with Crippen LogP contribution in [0.25, 0.3) is 0 Å². The molecule has 0 spiro atoms. The lowest BCUT2D eigenvalue weighted by Gasteiger charge is -2.25. The van der Waals surface area contributed by atoms with Gasteiger partial charge in [-0.1, -0.05) is 44.2 Å². The highest BCUT2D eigenvalue weighted by Gasteiger charge is 2.32. The highest BCUT2D eigenvalue weighted by Crippen LogP contribution is 2.20. The summed E-state index contributed by atoms with van der Waals surface area (Å²) in [5, 5.41) is 12.7. The van der Waals surface area contributed by atoms with Crippen LogP contribution in [0, 0.1) is 17.8 Å². The molecule has 1 aromatic rings. The molecule has 1 amide bonds. The molecule has 0 bridgehead atoms. The number of carbonyl (C=O) groups is 3. The number of hydrogen-bond donors (Lipinski definition) is 4. The number of amides is 1. The van der Waals surface area contributed by atoms with Gasteiger partial charge < -0.3 is 21.9 Å². The molecule has 1 aromatic carbocycles. The Kier molecular flexibility index (Phi) is 10.7. The number of ketones is 2. The smallest absolute Gasteiger partial charge is 0.226 e. The highest BCUT2D eigenvalue weighted by atomic mass is 16.3. The molecule has 0 aliphatic carbocycles. The van der Waals surface area contributed by atoms with Crippen molar-refractivity contribution in [3.8, 4) is 0 Å². The maximum absolute atomic E-state index is 12.9. The summed E-state index contributed by atoms with van der Waals surface area (Å²) in [6.07, 6.45) is -0.128. The molecule has 0 aromatic heterocycles. The van der Waals surface area contributed by atoms with Crippen molar-refractivity contribution in [1.82, 2.24) is 5.32 Å². The Balaban J connectivity index is 2.87. The number of hydrogen-bond acceptors (Lipinski definition) is 6. The monoisotopic (exact) mass is 405 g/mol. The third-order valence-corrected chi connectivity index (χ3v) is 5.10. The summed E-state index contributed by atoms with van der Waals surface area (Å²) in [6.45, 7) is 5.25. The molecule has 0 saturated heterocycles. The zero-order valence-electron chi connectivity index (χ0n) is 17.6. The van der Waals surface area contributed by atoms with Crippen LogP contribution in [0.1, 0.15) is 39.2 Å². The Morgan fingerprint density at radius 1 is 1.07 bits per heavy atom. The Labute approximate surface area is 173 Å². The van der Waals surface area contributed by atoms with E-state index in [0.29, 0.717) is 19.4 Å². The van der Waals surface area contributed by atoms with Crippen LogP contribution in [0.15, 0.2) is 30.3 Å². The van der Waals surface area contributed by atoms with Crippen molar-refractivity contribution in [2.45, 2.75) is 52.2 Å². The van der Waals surface area contributed by atoms with Gasteiger partial charge in [-0.2, -0.15) is 0 Å². The summed E-state index contributed by atoms with van der Waals surface area (Å²) in [5.74, 6) is -2.41. The maximum atomic E-state index is 12.9. The van der Waals surface area contributed by atoms with E-state index in [-0.39, 0.29) is 36.4 Å². The van der Waals surface area contributed by atoms with Crippen LogP contribution < -0.4 is 16.8 Å². The summed E-state index contributed by atoms with van der Waals surface area (Å²) in [4.78, 5) is 37.8. The number of nitrogens with two attached hydrogens (primary N) is 2. The number of benzene rings is 1. The van der Waals surface area contributed by atoms with Crippen molar-refractivity contribution < 1.29 is 19.5 Å². The van der Waals surface area contributed by atoms with Crippen LogP contribution in [0.5, 0.6) is 0 Å². The molecule has 162 valence electrons. The minimum atomic E-state index is -1.04. The summed E-state index contributed by atoms with van der Waals surface area (Å²) < 4.78 is 0. The van der Waals surface area contributed by atoms with Crippen molar-refractivity contribution >= 4 is 17.5 Å². The average molecular weight is 406 g/mol. The molecule has 4 atom stereocenters. The molecule has 0 fully saturated rings. The highest BCUT2D eigenvalue weighted by molar-refractivity contribution is 5.93. The number of aliphatic hydroxyl groups excluding tert-OH is 1. The summed E-state index contributed by atoms with van der Waals surface area (Å²) in [7, 11) is 0. The largest absolute Gasteiger partial charge is 0.393 e. The lowest BCUT2D eigenvalue weighted by Crippen LogP contribution is -2.51. The van der Waals surface area contributed by atoms with Gasteiger partial charge in [-0.15, -0.1) is 0 Å². The molecule has 2 unspecified atom stereocenters. The zero-order valence-corrected chi connectivity index (χ0v) is 17.6. The van der Waals surface area contributed by atoms with Gasteiger partial charge in [0.2, 0.25) is 5.91 Å². The topological polar surface area (TPSA) is 136 Å². The second-order valence-electron chi connectivity index (χ2n) is 7.84. The Morgan fingerprint density at radius 3 is 2.17 bits per heavy atom. The quantitative estimate of drug-likeness (QED) is 0.384. The zero-order chi connectivity index (χ0) is 22.0. The normalized spacial score (nSPS) is 15.4. The van der Waals surface area contributed by atoms with Gasteiger partial charge in [0.25, 0.3) is 0 Å². The van der Waals surface area contributed by atoms with E-state index in [1.54, 1.807) is 13.8 Å². The first kappa shape index (κ1) is 24.9. The Hall–Kier alpha value is -2.09. The van der Waals surface area contributed by atoms with Gasteiger partial charge >= 0.3 is 0 Å². The second-order valence-corrected chi connectivity index (χ2v) is 7.84. The average Bonchev–Trinajstić information content (AvgIpc) is 2.69. The number of aliphatic hydroxyl groups is 1. The molecule has 0 saturated carbocycles. The standard InChI is InChI=1S/C22H35N3O4/c1-14(2)21(28)19(13-24)25-22(29)18(15(3)26)12-20(27)17(9-10-23)11-16-7-5-4-6-8-16/h4-8,14-15,17-19,26H,9-13,23-24H2,1-3H3,(H,25,29)/t15?,17?,18-,19-/m0/s1. The molecule has 0 radical (unpaired) electrons. The fraction of sp³-hybridized carbons (Fsp3) is 0.591. The third kappa shape index (κ3) is 8.04. The first-order valence-electron chi connectivity index (χ1n) is 10.2. The first-order valence-corrected chi connectivity index (χ1v) is 10.2. The molecular weight excluding hydrogens is 370 g/mol. The Bertz CT molecular complexity index is 661. The van der Waals surface area contributed by atoms with E-state index in [2.05, 4.69) is 5.32 Å². The third-order valence-electron chi connectivity index (χ3n) is 5.10. The van der Waals surface area contributed by atoms with Gasteiger partial charge in [0.1, 0.15) is 5.78 Å². The lowest BCUT2D eigenvalue weighted by molar-refractivity contribution is -0.136. The van der Waals surface area contributed by atoms with Gasteiger partial charge in [-0.05, 0) is 31.9 Å². The first-order chi connectivity index (χ1) is 13.7. The molecule has 0 aliphatic rings. The maximum Gasteiger partial charge on any atom is 0.226 e. The summed E-state index contributed by atoms with van der Waals surface area (Å²) in [5.41, 5.74) is 12.3. The van der Waals surface area contributed by atoms with E-state index in [9.17, 15) is 19.5 Å². The molecule has 29 heavy (non-hydrogen) atoms. The number of Topliss-reactive ketones (excluding diaryl/α,β-unsaturated/α-hetero) is 2. The van der Waals surface area contributed by atoms with Crippen LogP contribution >= 0.6 is 0 Å². The lowest BCUT2D eigenvalue weighted by atomic mass is 9.85. The van der Waals surface area contributed by atoms with Crippen LogP contribution in [-0.2, 0) is 20.8 Å². The molecule has 0 aliphatic heterocycles. The molecule has 7 nitrogen and oxygen atoms in total. The van der Waals surface area contributed by atoms with Crippen molar-refractivity contribution in [2.24, 2.45) is 29.2 Å². The van der Waals surface area contributed by atoms with Gasteiger partial charge in [0.15, 0.2) is 5.78 Å². The van der Waals surface area contributed by atoms with Crippen LogP contribution in [0.2, 0.25) is 0 Å². The predicted molar refractivity (Wildman–Crippen MR) is 113 cm³/mol. The fourth-order valence-corrected chi connectivity index (χ4v) is 3.27. The number of rotatable bonds is 13. The van der Waals surface area contributed by atoms with E-state index in [1.165, 1.54) is 6.92 Å². The van der Waals surface area contributed by atoms with E-state index < -0.39 is 24.0 Å². The number of carbonyl (C=O) groups excluding carboxylic acids is 3. The fourth-order valence-electron chi connectivity index (χ4n) is 3.27. The van der Waals surface area contributed by atoms with Gasteiger partial charge in [0, 0.05) is 24.8 Å². The van der Waals surface area contributed by atoms with Gasteiger partial charge in [0.05, 0.1) is 18.1 Å². The molecular formula is C22H35N3O4. The molecule has 7 heteroatoms. The molecule has 1 rings (SSSR count). The van der Waals surface area contributed by atoms with Crippen molar-refractivity contribution in [2.75, 3.05) is 13.1 Å². The van der Waals surface area contributed by atoms with Crippen LogP contribution in [0.3, 0.4) is 0 Å². The molecule has 6 N–H and O–H groups in total. The number of nitrogens with one attached hydrogen (secondary N) is 1. The van der Waals surface area contributed by atoms with Crippen LogP contribution in [0.4, 0.5) is 0 Å². The predicted octanol–water partition coefficient (Wildman–Crippen LogP) is 0.819. The minimum absolute atomic E-state index is 0.0347. The minimum Gasteiger partial charge on any atom is -0.393 e. The van der Waals surface area contributed by atoms with E-state index in [4.69, 9.17) is 11.5 Å². The van der Waals surface area contributed by atoms with Gasteiger partial charge in [-0.3, -0.25) is 14.4 Å². The van der Waals surface area contributed by atoms with Crippen molar-refractivity contribution in [1.29, 1.82) is 0 Å². The Morgan fingerprint density at radius 2 is 1.69 bits per heavy atom. The molecule has 0 heterocycles. The van der Waals surface area contributed by atoms with Gasteiger partial charge in [-0.25, -0.2) is 0 Å². The summed E-state index contributed by atoms with van der Waals surface area (Å²) in [6, 6.07) is 8.78. The van der Waals surface area contributed by atoms with E-state index in [0.717, 1.165) is 5.56 Å². The van der Waals surface area contributed by atoms with E-state index in [1.807, 2.05) is 30.3 Å². The van der Waals surface area contributed by atoms with Crippen molar-refractivity contribution in [3.63, 3.8) is 0 Å².